The zero-order chi connectivity index (χ0) is 18.7. The van der Waals surface area contributed by atoms with E-state index in [1.165, 1.54) is 5.56 Å². The van der Waals surface area contributed by atoms with Crippen LogP contribution < -0.4 is 0 Å². The number of hydrogen-bond donors (Lipinski definition) is 0. The molecule has 0 saturated heterocycles. The Morgan fingerprint density at radius 2 is 1.46 bits per heavy atom. The van der Waals surface area contributed by atoms with Crippen molar-refractivity contribution in [3.8, 4) is 11.5 Å². The van der Waals surface area contributed by atoms with Crippen molar-refractivity contribution in [3.05, 3.63) is 47.9 Å². The Morgan fingerprint density at radius 3 is 2.15 bits per heavy atom. The van der Waals surface area contributed by atoms with Crippen LogP contribution in [0.15, 0.2) is 45.2 Å². The molecule has 2 aromatic carbocycles. The van der Waals surface area contributed by atoms with Gasteiger partial charge in [0.15, 0.2) is 11.2 Å². The molecule has 0 aliphatic carbocycles. The molecule has 0 fully saturated rings. The van der Waals surface area contributed by atoms with E-state index in [1.807, 2.05) is 24.3 Å². The number of benzene rings is 2. The largest absolute Gasteiger partial charge is 0.440 e. The van der Waals surface area contributed by atoms with Gasteiger partial charge in [0.2, 0.25) is 11.8 Å². The van der Waals surface area contributed by atoms with Crippen molar-refractivity contribution in [2.45, 2.75) is 52.4 Å². The number of oxazole rings is 2. The van der Waals surface area contributed by atoms with Crippen molar-refractivity contribution < 1.29 is 8.83 Å². The molecule has 0 saturated carbocycles. The SMILES string of the molecule is CC(C)(C)c1ccc2nc(-c3ccc4oc(C(C)(C)C)nc4c3)oc2c1. The average Bonchev–Trinajstić information content (AvgIpc) is 3.16. The average molecular weight is 348 g/mol. The normalized spacial score (nSPS) is 13.0. The van der Waals surface area contributed by atoms with Crippen LogP contribution in [-0.4, -0.2) is 9.97 Å². The molecule has 0 aliphatic rings. The molecule has 134 valence electrons. The molecule has 0 bridgehead atoms. The van der Waals surface area contributed by atoms with Crippen molar-refractivity contribution in [1.29, 1.82) is 0 Å². The lowest BCUT2D eigenvalue weighted by Gasteiger charge is -2.18. The summed E-state index contributed by atoms with van der Waals surface area (Å²) in [6.45, 7) is 12.8. The first kappa shape index (κ1) is 16.8. The number of aromatic nitrogens is 2. The highest BCUT2D eigenvalue weighted by Crippen LogP contribution is 2.32. The Balaban J connectivity index is 1.79. The number of rotatable bonds is 1. The lowest BCUT2D eigenvalue weighted by atomic mass is 9.87. The smallest absolute Gasteiger partial charge is 0.227 e. The summed E-state index contributed by atoms with van der Waals surface area (Å²) in [5.74, 6) is 1.34. The fourth-order valence-corrected chi connectivity index (χ4v) is 2.90. The topological polar surface area (TPSA) is 52.1 Å². The van der Waals surface area contributed by atoms with E-state index < -0.39 is 0 Å². The van der Waals surface area contributed by atoms with E-state index >= 15 is 0 Å². The minimum atomic E-state index is -0.125. The zero-order valence-electron chi connectivity index (χ0n) is 16.2. The molecule has 4 aromatic rings. The molecule has 0 N–H and O–H groups in total. The fourth-order valence-electron chi connectivity index (χ4n) is 2.90. The Bertz CT molecular complexity index is 1090. The van der Waals surface area contributed by atoms with Gasteiger partial charge in [0.05, 0.1) is 0 Å². The van der Waals surface area contributed by atoms with Crippen LogP contribution in [0.3, 0.4) is 0 Å². The highest BCUT2D eigenvalue weighted by Gasteiger charge is 2.21. The molecule has 0 unspecified atom stereocenters. The van der Waals surface area contributed by atoms with Crippen LogP contribution in [0.4, 0.5) is 0 Å². The third-order valence-corrected chi connectivity index (χ3v) is 4.53. The van der Waals surface area contributed by atoms with Crippen molar-refractivity contribution in [3.63, 3.8) is 0 Å². The lowest BCUT2D eigenvalue weighted by Crippen LogP contribution is -2.10. The Hall–Kier alpha value is -2.62. The molecule has 0 amide bonds. The molecule has 0 atom stereocenters. The van der Waals surface area contributed by atoms with Crippen LogP contribution in [-0.2, 0) is 10.8 Å². The maximum absolute atomic E-state index is 6.04. The van der Waals surface area contributed by atoms with Gasteiger partial charge in [-0.2, -0.15) is 0 Å². The van der Waals surface area contributed by atoms with Crippen LogP contribution in [0, 0.1) is 0 Å². The summed E-state index contributed by atoms with van der Waals surface area (Å²) in [6.07, 6.45) is 0. The van der Waals surface area contributed by atoms with E-state index in [2.05, 4.69) is 63.6 Å². The summed E-state index contributed by atoms with van der Waals surface area (Å²) in [5, 5.41) is 0. The van der Waals surface area contributed by atoms with Gasteiger partial charge in [-0.3, -0.25) is 0 Å². The monoisotopic (exact) mass is 348 g/mol. The summed E-state index contributed by atoms with van der Waals surface area (Å²) in [4.78, 5) is 9.28. The standard InChI is InChI=1S/C22H24N2O2/c1-21(2,3)14-8-9-15-18(12-14)25-19(23-15)13-7-10-17-16(11-13)24-20(26-17)22(4,5)6/h7-12H,1-6H3. The summed E-state index contributed by atoms with van der Waals surface area (Å²) in [6, 6.07) is 12.1. The van der Waals surface area contributed by atoms with E-state index in [0.29, 0.717) is 5.89 Å². The molecular formula is C22H24N2O2. The molecule has 0 spiro atoms. The van der Waals surface area contributed by atoms with Crippen molar-refractivity contribution in [1.82, 2.24) is 9.97 Å². The lowest BCUT2D eigenvalue weighted by molar-refractivity contribution is 0.411. The van der Waals surface area contributed by atoms with Crippen LogP contribution in [0.5, 0.6) is 0 Å². The number of fused-ring (bicyclic) bond motifs is 2. The highest BCUT2D eigenvalue weighted by atomic mass is 16.4. The minimum absolute atomic E-state index is 0.0735. The maximum atomic E-state index is 6.04. The van der Waals surface area contributed by atoms with E-state index in [1.54, 1.807) is 0 Å². The molecule has 4 rings (SSSR count). The van der Waals surface area contributed by atoms with Gasteiger partial charge in [0.25, 0.3) is 0 Å². The van der Waals surface area contributed by atoms with Crippen LogP contribution in [0.1, 0.15) is 53.0 Å². The first-order chi connectivity index (χ1) is 12.1. The van der Waals surface area contributed by atoms with Gasteiger partial charge < -0.3 is 8.83 Å². The van der Waals surface area contributed by atoms with Crippen LogP contribution >= 0.6 is 0 Å². The zero-order valence-corrected chi connectivity index (χ0v) is 16.2. The van der Waals surface area contributed by atoms with E-state index in [0.717, 1.165) is 33.7 Å². The van der Waals surface area contributed by atoms with E-state index in [4.69, 9.17) is 8.83 Å². The van der Waals surface area contributed by atoms with Gasteiger partial charge in [0.1, 0.15) is 11.0 Å². The predicted molar refractivity (Wildman–Crippen MR) is 104 cm³/mol. The maximum Gasteiger partial charge on any atom is 0.227 e. The van der Waals surface area contributed by atoms with Crippen molar-refractivity contribution >= 4 is 22.2 Å². The second kappa shape index (κ2) is 5.44. The summed E-state index contributed by atoms with van der Waals surface area (Å²) in [5.41, 5.74) is 5.36. The van der Waals surface area contributed by atoms with Gasteiger partial charge in [0, 0.05) is 11.0 Å². The van der Waals surface area contributed by atoms with Gasteiger partial charge >= 0.3 is 0 Å². The summed E-state index contributed by atoms with van der Waals surface area (Å²) < 4.78 is 11.9. The third-order valence-electron chi connectivity index (χ3n) is 4.53. The van der Waals surface area contributed by atoms with Crippen molar-refractivity contribution in [2.24, 2.45) is 0 Å². The summed E-state index contributed by atoms with van der Waals surface area (Å²) in [7, 11) is 0. The second-order valence-electron chi connectivity index (χ2n) is 8.90. The first-order valence-electron chi connectivity index (χ1n) is 8.94. The van der Waals surface area contributed by atoms with Crippen molar-refractivity contribution in [2.75, 3.05) is 0 Å². The Kier molecular flexibility index (Phi) is 3.52. The quantitative estimate of drug-likeness (QED) is 0.409. The van der Waals surface area contributed by atoms with Crippen LogP contribution in [0.25, 0.3) is 33.7 Å². The predicted octanol–water partition coefficient (Wildman–Crippen LogP) is 6.23. The number of hydrogen-bond acceptors (Lipinski definition) is 4. The molecule has 2 aromatic heterocycles. The summed E-state index contributed by atoms with van der Waals surface area (Å²) >= 11 is 0. The van der Waals surface area contributed by atoms with Gasteiger partial charge in [-0.1, -0.05) is 47.6 Å². The first-order valence-corrected chi connectivity index (χ1v) is 8.94. The molecule has 4 nitrogen and oxygen atoms in total. The molecule has 2 heterocycles. The molecule has 0 radical (unpaired) electrons. The van der Waals surface area contributed by atoms with Gasteiger partial charge in [-0.05, 0) is 41.3 Å². The van der Waals surface area contributed by atoms with Gasteiger partial charge in [-0.25, -0.2) is 9.97 Å². The third kappa shape index (κ3) is 2.90. The van der Waals surface area contributed by atoms with Crippen LogP contribution in [0.2, 0.25) is 0 Å². The van der Waals surface area contributed by atoms with E-state index in [-0.39, 0.29) is 10.8 Å². The highest BCUT2D eigenvalue weighted by molar-refractivity contribution is 5.81. The Morgan fingerprint density at radius 1 is 0.692 bits per heavy atom. The molecule has 4 heteroatoms. The molecule has 0 aliphatic heterocycles. The fraction of sp³-hybridized carbons (Fsp3) is 0.364. The number of nitrogens with zero attached hydrogens (tertiary/aromatic N) is 2. The minimum Gasteiger partial charge on any atom is -0.440 e. The second-order valence-corrected chi connectivity index (χ2v) is 8.90. The molecular weight excluding hydrogens is 324 g/mol. The van der Waals surface area contributed by atoms with E-state index in [9.17, 15) is 0 Å². The van der Waals surface area contributed by atoms with Gasteiger partial charge in [-0.15, -0.1) is 0 Å². The Labute approximate surface area is 153 Å². The molecule has 26 heavy (non-hydrogen) atoms.